The molecular weight excluding hydrogens is 1010 g/mol. The summed E-state index contributed by atoms with van der Waals surface area (Å²) in [7, 11) is 0. The second kappa shape index (κ2) is 20.4. The molecule has 0 amide bonds. The molecule has 0 radical (unpaired) electrons. The van der Waals surface area contributed by atoms with Gasteiger partial charge in [-0.1, -0.05) is 165 Å². The van der Waals surface area contributed by atoms with Gasteiger partial charge >= 0.3 is 0 Å². The van der Waals surface area contributed by atoms with Gasteiger partial charge < -0.3 is 9.15 Å². The maximum absolute atomic E-state index is 7.29. The Morgan fingerprint density at radius 2 is 0.904 bits per heavy atom. The van der Waals surface area contributed by atoms with Gasteiger partial charge in [-0.3, -0.25) is 14.1 Å². The zero-order valence-corrected chi connectivity index (χ0v) is 48.5. The number of imidazole rings is 2. The number of para-hydroxylation sites is 4. The summed E-state index contributed by atoms with van der Waals surface area (Å²) in [4.78, 5) is 16.0. The molecule has 0 saturated heterocycles. The van der Waals surface area contributed by atoms with E-state index in [1.807, 2.05) is 13.0 Å². The number of benzene rings is 10. The number of aryl methyl sites for hydroxylation is 1. The zero-order chi connectivity index (χ0) is 56.8. The first-order chi connectivity index (χ1) is 40.3. The first-order valence-electron chi connectivity index (χ1n) is 29.3. The summed E-state index contributed by atoms with van der Waals surface area (Å²) in [6, 6.07) is 73.7. The molecule has 0 saturated carbocycles. The molecule has 14 rings (SSSR count). The molecule has 0 N–H and O–H groups in total. The molecule has 0 bridgehead atoms. The SMILES string of the molecule is Cc1ccc2c(ccc3cc4oc5c(-c6nc7ccccc7n6-c6c(C(C)C)cc(-c7ccccc7)cc6C(C)C)cc(Oc6cccc(-c7nc8ccccc8n7-c7c(C(C)C)cc(-c8ccccc8)cc7C(C)C)c6)cc5c4cc32)n1. The minimum absolute atomic E-state index is 0.185. The Balaban J connectivity index is 0.994. The van der Waals surface area contributed by atoms with Crippen molar-refractivity contribution >= 4 is 65.7 Å². The topological polar surface area (TPSA) is 70.9 Å². The van der Waals surface area contributed by atoms with E-state index in [1.54, 1.807) is 0 Å². The van der Waals surface area contributed by atoms with Gasteiger partial charge in [0.05, 0.1) is 44.5 Å². The minimum Gasteiger partial charge on any atom is -0.457 e. The smallest absolute Gasteiger partial charge is 0.149 e. The summed E-state index contributed by atoms with van der Waals surface area (Å²) in [6.07, 6.45) is 0. The van der Waals surface area contributed by atoms with Crippen molar-refractivity contribution in [2.45, 2.75) is 86.0 Å². The van der Waals surface area contributed by atoms with Crippen LogP contribution in [-0.4, -0.2) is 24.1 Å². The van der Waals surface area contributed by atoms with Gasteiger partial charge in [0.2, 0.25) is 0 Å². The maximum Gasteiger partial charge on any atom is 0.149 e. The van der Waals surface area contributed by atoms with Crippen LogP contribution < -0.4 is 4.74 Å². The summed E-state index contributed by atoms with van der Waals surface area (Å²) in [5, 5.41) is 5.19. The van der Waals surface area contributed by atoms with E-state index in [2.05, 4.69) is 265 Å². The van der Waals surface area contributed by atoms with Crippen LogP contribution in [0.3, 0.4) is 0 Å². The van der Waals surface area contributed by atoms with E-state index in [4.69, 9.17) is 24.1 Å². The van der Waals surface area contributed by atoms with E-state index in [9.17, 15) is 0 Å². The molecule has 0 unspecified atom stereocenters. The van der Waals surface area contributed by atoms with Crippen LogP contribution in [0.4, 0.5) is 0 Å². The van der Waals surface area contributed by atoms with E-state index < -0.39 is 0 Å². The second-order valence-electron chi connectivity index (χ2n) is 23.6. The summed E-state index contributed by atoms with van der Waals surface area (Å²) < 4.78 is 19.3. The van der Waals surface area contributed by atoms with Gasteiger partial charge in [-0.25, -0.2) is 9.97 Å². The molecule has 0 aliphatic heterocycles. The maximum atomic E-state index is 7.29. The third-order valence-corrected chi connectivity index (χ3v) is 16.7. The summed E-state index contributed by atoms with van der Waals surface area (Å²) in [5.41, 5.74) is 21.3. The fourth-order valence-electron chi connectivity index (χ4n) is 12.6. The van der Waals surface area contributed by atoms with Crippen molar-refractivity contribution in [1.82, 2.24) is 24.1 Å². The Morgan fingerprint density at radius 1 is 0.373 bits per heavy atom. The van der Waals surface area contributed by atoms with Crippen molar-refractivity contribution in [1.29, 1.82) is 0 Å². The average Bonchev–Trinajstić information content (AvgIpc) is 3.74. The largest absolute Gasteiger partial charge is 0.457 e. The van der Waals surface area contributed by atoms with E-state index in [-0.39, 0.29) is 23.7 Å². The van der Waals surface area contributed by atoms with Crippen LogP contribution in [-0.2, 0) is 0 Å². The number of furan rings is 1. The summed E-state index contributed by atoms with van der Waals surface area (Å²) >= 11 is 0. The number of pyridine rings is 1. The van der Waals surface area contributed by atoms with Crippen molar-refractivity contribution < 1.29 is 9.15 Å². The molecule has 7 heteroatoms. The average molecular weight is 1080 g/mol. The minimum atomic E-state index is 0.185. The Morgan fingerprint density at radius 3 is 1.48 bits per heavy atom. The number of hydrogen-bond donors (Lipinski definition) is 0. The van der Waals surface area contributed by atoms with Gasteiger partial charge in [-0.2, -0.15) is 0 Å². The molecule has 0 fully saturated rings. The van der Waals surface area contributed by atoms with Gasteiger partial charge in [-0.15, -0.1) is 0 Å². The normalized spacial score (nSPS) is 12.1. The molecule has 10 aromatic carbocycles. The zero-order valence-electron chi connectivity index (χ0n) is 48.5. The third-order valence-electron chi connectivity index (χ3n) is 16.7. The van der Waals surface area contributed by atoms with Crippen LogP contribution in [0.15, 0.2) is 211 Å². The van der Waals surface area contributed by atoms with Gasteiger partial charge in [-0.05, 0) is 183 Å². The van der Waals surface area contributed by atoms with E-state index >= 15 is 0 Å². The standard InChI is InChI=1S/C76H65N5O2/c1-44(2)58-36-53(49-21-12-10-13-22-49)37-59(45(3)4)72(58)80-69-29-18-16-27-67(69)78-75(80)52-25-20-26-55(35-52)82-56-41-64-63-43-62-51(32-34-66-57(62)33-31-48(9)77-66)40-71(63)83-74(64)65(42-56)76-79-68-28-17-19-30-70(68)81(76)73-60(46(5)6)38-54(39-61(73)47(7)8)50-23-14-11-15-24-50/h10-47H,1-9H3. The molecule has 14 aromatic rings. The summed E-state index contributed by atoms with van der Waals surface area (Å²) in [5.74, 6) is 3.78. The van der Waals surface area contributed by atoms with E-state index in [0.717, 1.165) is 99.8 Å². The number of fused-ring (bicyclic) bond motifs is 8. The second-order valence-corrected chi connectivity index (χ2v) is 23.6. The predicted octanol–water partition coefficient (Wildman–Crippen LogP) is 21.2. The Labute approximate surface area is 484 Å². The molecule has 4 heterocycles. The van der Waals surface area contributed by atoms with Crippen molar-refractivity contribution in [2.24, 2.45) is 0 Å². The lowest BCUT2D eigenvalue weighted by Crippen LogP contribution is -2.09. The van der Waals surface area contributed by atoms with Crippen LogP contribution in [0.25, 0.3) is 122 Å². The van der Waals surface area contributed by atoms with E-state index in [0.29, 0.717) is 11.5 Å². The Bertz CT molecular complexity index is 4790. The van der Waals surface area contributed by atoms with Crippen molar-refractivity contribution in [3.8, 4) is 67.9 Å². The quantitative estimate of drug-likeness (QED) is 0.114. The molecule has 7 nitrogen and oxygen atoms in total. The van der Waals surface area contributed by atoms with E-state index in [1.165, 1.54) is 50.2 Å². The van der Waals surface area contributed by atoms with Crippen molar-refractivity contribution in [3.05, 3.63) is 234 Å². The lowest BCUT2D eigenvalue weighted by Gasteiger charge is -2.24. The highest BCUT2D eigenvalue weighted by atomic mass is 16.5. The molecular formula is C76H65N5O2. The highest BCUT2D eigenvalue weighted by Gasteiger charge is 2.28. The highest BCUT2D eigenvalue weighted by Crippen LogP contribution is 2.47. The summed E-state index contributed by atoms with van der Waals surface area (Å²) in [6.45, 7) is 20.4. The van der Waals surface area contributed by atoms with Crippen LogP contribution in [0.2, 0.25) is 0 Å². The number of aromatic nitrogens is 5. The van der Waals surface area contributed by atoms with Crippen LogP contribution in [0, 0.1) is 6.92 Å². The van der Waals surface area contributed by atoms with Crippen LogP contribution >= 0.6 is 0 Å². The molecule has 83 heavy (non-hydrogen) atoms. The first-order valence-corrected chi connectivity index (χ1v) is 29.3. The van der Waals surface area contributed by atoms with Gasteiger partial charge in [0.15, 0.2) is 0 Å². The lowest BCUT2D eigenvalue weighted by molar-refractivity contribution is 0.483. The fraction of sp³-hybridized carbons (Fsp3) is 0.171. The fourth-order valence-corrected chi connectivity index (χ4v) is 12.6. The molecule has 406 valence electrons. The molecule has 0 atom stereocenters. The molecule has 0 spiro atoms. The molecule has 0 aliphatic rings. The number of rotatable bonds is 12. The van der Waals surface area contributed by atoms with Crippen LogP contribution in [0.1, 0.15) is 107 Å². The monoisotopic (exact) mass is 1080 g/mol. The Kier molecular flexibility index (Phi) is 12.7. The molecule has 0 aliphatic carbocycles. The highest BCUT2D eigenvalue weighted by molar-refractivity contribution is 6.18. The van der Waals surface area contributed by atoms with Crippen LogP contribution in [0.5, 0.6) is 11.5 Å². The molecule has 4 aromatic heterocycles. The number of nitrogens with zero attached hydrogens (tertiary/aromatic N) is 5. The Hall–Kier alpha value is -9.59. The van der Waals surface area contributed by atoms with Gasteiger partial charge in [0.25, 0.3) is 0 Å². The van der Waals surface area contributed by atoms with Crippen molar-refractivity contribution in [3.63, 3.8) is 0 Å². The lowest BCUT2D eigenvalue weighted by atomic mass is 9.88. The first kappa shape index (κ1) is 51.5. The van der Waals surface area contributed by atoms with Gasteiger partial charge in [0, 0.05) is 27.4 Å². The number of hydrogen-bond acceptors (Lipinski definition) is 5. The third kappa shape index (κ3) is 8.94. The van der Waals surface area contributed by atoms with Crippen molar-refractivity contribution in [2.75, 3.05) is 0 Å². The van der Waals surface area contributed by atoms with Gasteiger partial charge in [0.1, 0.15) is 34.3 Å². The number of ether oxygens (including phenoxy) is 1. The predicted molar refractivity (Wildman–Crippen MR) is 345 cm³/mol.